The van der Waals surface area contributed by atoms with Crippen molar-refractivity contribution >= 4 is 5.78 Å². The second-order valence-electron chi connectivity index (χ2n) is 8.63. The van der Waals surface area contributed by atoms with E-state index in [9.17, 15) is 4.79 Å². The number of ether oxygens (including phenoxy) is 2. The van der Waals surface area contributed by atoms with E-state index >= 15 is 0 Å². The summed E-state index contributed by atoms with van der Waals surface area (Å²) < 4.78 is 11.1. The minimum Gasteiger partial charge on any atom is -0.454 e. The van der Waals surface area contributed by atoms with E-state index in [0.29, 0.717) is 12.6 Å². The Hall–Kier alpha value is -2.37. The molecule has 0 aliphatic carbocycles. The van der Waals surface area contributed by atoms with Gasteiger partial charge >= 0.3 is 0 Å². The predicted octanol–water partition coefficient (Wildman–Crippen LogP) is 2.57. The molecule has 4 saturated heterocycles. The third-order valence-electron chi connectivity index (χ3n) is 6.75. The Morgan fingerprint density at radius 1 is 0.926 bits per heavy atom. The molecule has 0 amide bonds. The second kappa shape index (κ2) is 5.12. The zero-order valence-corrected chi connectivity index (χ0v) is 15.4. The van der Waals surface area contributed by atoms with Crippen molar-refractivity contribution in [3.8, 4) is 11.5 Å². The highest BCUT2D eigenvalue weighted by Gasteiger charge is 2.64. The Labute approximate surface area is 158 Å². The maximum atomic E-state index is 13.5. The van der Waals surface area contributed by atoms with E-state index in [1.807, 2.05) is 24.3 Å². The van der Waals surface area contributed by atoms with Crippen LogP contribution in [0.25, 0.3) is 0 Å². The van der Waals surface area contributed by atoms with Crippen molar-refractivity contribution in [2.24, 2.45) is 5.41 Å². The molecule has 4 fully saturated rings. The lowest BCUT2D eigenvalue weighted by Gasteiger charge is -2.65. The maximum absolute atomic E-state index is 13.5. The van der Waals surface area contributed by atoms with Gasteiger partial charge in [-0.05, 0) is 23.3 Å². The zero-order chi connectivity index (χ0) is 18.2. The number of carbonyl (C=O) groups is 1. The fourth-order valence-electron chi connectivity index (χ4n) is 5.81. The van der Waals surface area contributed by atoms with Gasteiger partial charge in [0.1, 0.15) is 0 Å². The lowest BCUT2D eigenvalue weighted by Crippen LogP contribution is -2.77. The van der Waals surface area contributed by atoms with Crippen molar-refractivity contribution in [2.45, 2.75) is 18.5 Å². The molecule has 2 atom stereocenters. The largest absolute Gasteiger partial charge is 0.454 e. The summed E-state index contributed by atoms with van der Waals surface area (Å²) in [5, 5.41) is 0. The summed E-state index contributed by atoms with van der Waals surface area (Å²) in [6.07, 6.45) is 0.192. The van der Waals surface area contributed by atoms with Gasteiger partial charge in [0, 0.05) is 26.2 Å². The number of hydrogen-bond acceptors (Lipinski definition) is 5. The van der Waals surface area contributed by atoms with Gasteiger partial charge in [-0.15, -0.1) is 0 Å². The molecule has 138 valence electrons. The Kier molecular flexibility index (Phi) is 2.97. The van der Waals surface area contributed by atoms with E-state index in [4.69, 9.17) is 9.47 Å². The number of piperidine rings is 2. The number of benzene rings is 2. The molecule has 5 heteroatoms. The van der Waals surface area contributed by atoms with Gasteiger partial charge in [-0.25, -0.2) is 0 Å². The van der Waals surface area contributed by atoms with E-state index in [2.05, 4.69) is 41.0 Å². The van der Waals surface area contributed by atoms with Crippen LogP contribution < -0.4 is 9.47 Å². The zero-order valence-electron chi connectivity index (χ0n) is 15.4. The van der Waals surface area contributed by atoms with E-state index in [0.717, 1.165) is 43.2 Å². The molecule has 0 spiro atoms. The fourth-order valence-corrected chi connectivity index (χ4v) is 5.81. The Morgan fingerprint density at radius 2 is 1.63 bits per heavy atom. The number of fused-ring (bicyclic) bond motifs is 1. The Bertz CT molecular complexity index is 926. The molecule has 2 aromatic rings. The molecular weight excluding hydrogens is 340 g/mol. The summed E-state index contributed by atoms with van der Waals surface area (Å²) in [5.74, 6) is 2.05. The van der Waals surface area contributed by atoms with Crippen molar-refractivity contribution in [3.63, 3.8) is 0 Å². The van der Waals surface area contributed by atoms with Crippen molar-refractivity contribution in [3.05, 3.63) is 59.7 Å². The van der Waals surface area contributed by atoms with Gasteiger partial charge in [0.15, 0.2) is 17.3 Å². The molecule has 5 aliphatic heterocycles. The van der Waals surface area contributed by atoms with Crippen LogP contribution in [0, 0.1) is 5.41 Å². The topological polar surface area (TPSA) is 42.0 Å². The van der Waals surface area contributed by atoms with E-state index < -0.39 is 5.41 Å². The third-order valence-corrected chi connectivity index (χ3v) is 6.75. The molecule has 5 heterocycles. The van der Waals surface area contributed by atoms with Gasteiger partial charge in [0.25, 0.3) is 0 Å². The summed E-state index contributed by atoms with van der Waals surface area (Å²) in [5.41, 5.74) is 1.65. The van der Waals surface area contributed by atoms with Crippen LogP contribution in [0.4, 0.5) is 0 Å². The maximum Gasteiger partial charge on any atom is 0.231 e. The molecule has 0 N–H and O–H groups in total. The highest BCUT2D eigenvalue weighted by atomic mass is 16.7. The van der Waals surface area contributed by atoms with Crippen molar-refractivity contribution in [1.82, 2.24) is 9.80 Å². The van der Waals surface area contributed by atoms with Crippen LogP contribution in [0.15, 0.2) is 48.5 Å². The number of ketones is 1. The number of rotatable bonds is 2. The Morgan fingerprint density at radius 3 is 2.37 bits per heavy atom. The number of Topliss-reactive ketones (excluding diaryl/α,β-unsaturated/α-hetero) is 1. The van der Waals surface area contributed by atoms with Crippen LogP contribution in [0.5, 0.6) is 11.5 Å². The first kappa shape index (κ1) is 15.7. The number of carbonyl (C=O) groups excluding carboxylic acids is 1. The molecular formula is C22H22N2O3. The lowest BCUT2D eigenvalue weighted by atomic mass is 9.58. The summed E-state index contributed by atoms with van der Waals surface area (Å²) in [4.78, 5) is 18.5. The van der Waals surface area contributed by atoms with Crippen LogP contribution in [-0.2, 0) is 10.2 Å². The third kappa shape index (κ3) is 1.98. The molecule has 0 saturated carbocycles. The molecule has 4 bridgehead atoms. The molecule has 5 nitrogen and oxygen atoms in total. The monoisotopic (exact) mass is 362 g/mol. The summed E-state index contributed by atoms with van der Waals surface area (Å²) in [7, 11) is 0. The first-order valence-electron chi connectivity index (χ1n) is 9.57. The van der Waals surface area contributed by atoms with Gasteiger partial charge in [-0.3, -0.25) is 14.6 Å². The second-order valence-corrected chi connectivity index (χ2v) is 8.63. The van der Waals surface area contributed by atoms with Crippen molar-refractivity contribution in [1.29, 1.82) is 0 Å². The minimum atomic E-state index is -0.417. The van der Waals surface area contributed by atoms with Gasteiger partial charge in [-0.2, -0.15) is 0 Å². The van der Waals surface area contributed by atoms with Gasteiger partial charge in [0.05, 0.1) is 17.0 Å². The van der Waals surface area contributed by atoms with Crippen LogP contribution in [-0.4, -0.2) is 48.6 Å². The molecule has 7 rings (SSSR count). The highest BCUT2D eigenvalue weighted by Crippen LogP contribution is 2.53. The number of hydrogen-bond donors (Lipinski definition) is 0. The highest BCUT2D eigenvalue weighted by molar-refractivity contribution is 5.97. The summed E-state index contributed by atoms with van der Waals surface area (Å²) >= 11 is 0. The smallest absolute Gasteiger partial charge is 0.231 e. The SMILES string of the molecule is CC12CN3CC(c4ccccc4)(CN(C1)C3c1ccc3c(c1)OCO3)C2=O. The first-order chi connectivity index (χ1) is 13.1. The first-order valence-corrected chi connectivity index (χ1v) is 9.57. The van der Waals surface area contributed by atoms with E-state index in [1.165, 1.54) is 5.56 Å². The van der Waals surface area contributed by atoms with Crippen LogP contribution in [0.2, 0.25) is 0 Å². The molecule has 5 aliphatic rings. The van der Waals surface area contributed by atoms with Crippen LogP contribution >= 0.6 is 0 Å². The standard InChI is InChI=1S/C22H22N2O3/c1-21-10-23-12-22(20(21)25,16-5-3-2-4-6-16)13-24(11-21)19(23)15-7-8-17-18(9-15)27-14-26-17/h2-9,19H,10-14H2,1H3. The predicted molar refractivity (Wildman–Crippen MR) is 99.7 cm³/mol. The van der Waals surface area contributed by atoms with Gasteiger partial charge < -0.3 is 9.47 Å². The summed E-state index contributed by atoms with van der Waals surface area (Å²) in [6, 6.07) is 16.6. The fraction of sp³-hybridized carbons (Fsp3) is 0.409. The number of nitrogens with zero attached hydrogens (tertiary/aromatic N) is 2. The molecule has 0 aromatic heterocycles. The summed E-state index contributed by atoms with van der Waals surface area (Å²) in [6.45, 7) is 5.62. The average molecular weight is 362 g/mol. The molecule has 0 radical (unpaired) electrons. The molecule has 2 unspecified atom stereocenters. The Balaban J connectivity index is 1.43. The van der Waals surface area contributed by atoms with Crippen LogP contribution in [0.1, 0.15) is 24.2 Å². The van der Waals surface area contributed by atoms with Crippen molar-refractivity contribution in [2.75, 3.05) is 33.0 Å². The normalized spacial score (nSPS) is 38.4. The van der Waals surface area contributed by atoms with E-state index in [-0.39, 0.29) is 11.6 Å². The lowest BCUT2D eigenvalue weighted by molar-refractivity contribution is -0.185. The van der Waals surface area contributed by atoms with Crippen LogP contribution in [0.3, 0.4) is 0 Å². The molecule has 27 heavy (non-hydrogen) atoms. The molecule has 2 aromatic carbocycles. The van der Waals surface area contributed by atoms with Gasteiger partial charge in [0.2, 0.25) is 6.79 Å². The van der Waals surface area contributed by atoms with E-state index in [1.54, 1.807) is 0 Å². The minimum absolute atomic E-state index is 0.192. The average Bonchev–Trinajstić information content (AvgIpc) is 3.13. The quantitative estimate of drug-likeness (QED) is 0.821. The van der Waals surface area contributed by atoms with Gasteiger partial charge in [-0.1, -0.05) is 43.3 Å². The van der Waals surface area contributed by atoms with Crippen molar-refractivity contribution < 1.29 is 14.3 Å².